The fourth-order valence-electron chi connectivity index (χ4n) is 2.31. The lowest BCUT2D eigenvalue weighted by atomic mass is 9.87. The predicted octanol–water partition coefficient (Wildman–Crippen LogP) is 2.82. The minimum Gasteiger partial charge on any atom is -0.508 e. The molecule has 0 saturated carbocycles. The Morgan fingerprint density at radius 1 is 1.33 bits per heavy atom. The van der Waals surface area contributed by atoms with Crippen LogP contribution in [0, 0.1) is 6.92 Å². The van der Waals surface area contributed by atoms with E-state index in [9.17, 15) is 5.11 Å². The molecule has 1 aliphatic heterocycles. The van der Waals surface area contributed by atoms with Gasteiger partial charge in [0, 0.05) is 10.6 Å². The molecule has 0 aromatic heterocycles. The molecule has 2 N–H and O–H groups in total. The average molecular weight is 226 g/mol. The minimum atomic E-state index is 0.392. The molecule has 15 heavy (non-hydrogen) atoms. The zero-order valence-corrected chi connectivity index (χ0v) is 9.64. The van der Waals surface area contributed by atoms with E-state index in [0.717, 1.165) is 42.1 Å². The number of hydrogen-bond donors (Lipinski definition) is 2. The van der Waals surface area contributed by atoms with Crippen LogP contribution in [0.5, 0.6) is 5.75 Å². The highest BCUT2D eigenvalue weighted by Gasteiger charge is 2.21. The van der Waals surface area contributed by atoms with Gasteiger partial charge in [-0.2, -0.15) is 0 Å². The van der Waals surface area contributed by atoms with Crippen molar-refractivity contribution in [2.24, 2.45) is 0 Å². The van der Waals surface area contributed by atoms with Gasteiger partial charge < -0.3 is 10.4 Å². The summed E-state index contributed by atoms with van der Waals surface area (Å²) >= 11 is 6.08. The molecule has 0 unspecified atom stereocenters. The Bertz CT molecular complexity index is 359. The summed E-state index contributed by atoms with van der Waals surface area (Å²) in [5.41, 5.74) is 2.08. The largest absolute Gasteiger partial charge is 0.508 e. The number of aromatic hydroxyl groups is 1. The SMILES string of the molecule is Cc1c(Cl)ccc(O)c1C1CCNCC1. The molecule has 2 nitrogen and oxygen atoms in total. The standard InChI is InChI=1S/C12H16ClNO/c1-8-10(13)2-3-11(15)12(8)9-4-6-14-7-5-9/h2-3,9,14-15H,4-7H2,1H3. The number of piperidine rings is 1. The quantitative estimate of drug-likeness (QED) is 0.771. The number of phenolic OH excluding ortho intramolecular Hbond substituents is 1. The minimum absolute atomic E-state index is 0.392. The Morgan fingerprint density at radius 2 is 2.00 bits per heavy atom. The third-order valence-electron chi connectivity index (χ3n) is 3.17. The molecule has 3 heteroatoms. The van der Waals surface area contributed by atoms with Crippen LogP contribution in [-0.2, 0) is 0 Å². The molecular weight excluding hydrogens is 210 g/mol. The molecule has 1 fully saturated rings. The van der Waals surface area contributed by atoms with Crippen LogP contribution in [0.4, 0.5) is 0 Å². The van der Waals surface area contributed by atoms with Gasteiger partial charge in [-0.05, 0) is 56.5 Å². The lowest BCUT2D eigenvalue weighted by molar-refractivity contribution is 0.423. The van der Waals surface area contributed by atoms with Crippen molar-refractivity contribution < 1.29 is 5.11 Å². The van der Waals surface area contributed by atoms with Crippen LogP contribution in [0.1, 0.15) is 29.9 Å². The molecule has 0 radical (unpaired) electrons. The van der Waals surface area contributed by atoms with E-state index in [4.69, 9.17) is 11.6 Å². The molecular formula is C12H16ClNO. The maximum Gasteiger partial charge on any atom is 0.119 e. The summed E-state index contributed by atoms with van der Waals surface area (Å²) in [6.45, 7) is 4.03. The van der Waals surface area contributed by atoms with Crippen LogP contribution >= 0.6 is 11.6 Å². The van der Waals surface area contributed by atoms with Crippen molar-refractivity contribution in [1.82, 2.24) is 5.32 Å². The number of benzene rings is 1. The number of rotatable bonds is 1. The Kier molecular flexibility index (Phi) is 3.17. The van der Waals surface area contributed by atoms with E-state index in [1.165, 1.54) is 0 Å². The summed E-state index contributed by atoms with van der Waals surface area (Å²) in [6, 6.07) is 3.46. The Balaban J connectivity index is 2.36. The van der Waals surface area contributed by atoms with Gasteiger partial charge in [-0.25, -0.2) is 0 Å². The van der Waals surface area contributed by atoms with Crippen molar-refractivity contribution in [2.45, 2.75) is 25.7 Å². The first-order valence-electron chi connectivity index (χ1n) is 5.39. The van der Waals surface area contributed by atoms with Gasteiger partial charge in [-0.3, -0.25) is 0 Å². The van der Waals surface area contributed by atoms with E-state index in [1.807, 2.05) is 6.92 Å². The summed E-state index contributed by atoms with van der Waals surface area (Å²) in [4.78, 5) is 0. The summed E-state index contributed by atoms with van der Waals surface area (Å²) < 4.78 is 0. The van der Waals surface area contributed by atoms with Crippen molar-refractivity contribution in [3.63, 3.8) is 0 Å². The zero-order valence-electron chi connectivity index (χ0n) is 8.89. The van der Waals surface area contributed by atoms with Gasteiger partial charge in [0.1, 0.15) is 5.75 Å². The topological polar surface area (TPSA) is 32.3 Å². The van der Waals surface area contributed by atoms with Crippen LogP contribution in [0.2, 0.25) is 5.02 Å². The van der Waals surface area contributed by atoms with Crippen LogP contribution in [0.25, 0.3) is 0 Å². The lowest BCUT2D eigenvalue weighted by Crippen LogP contribution is -2.27. The van der Waals surface area contributed by atoms with Gasteiger partial charge >= 0.3 is 0 Å². The average Bonchev–Trinajstić information content (AvgIpc) is 2.26. The highest BCUT2D eigenvalue weighted by molar-refractivity contribution is 6.31. The first-order chi connectivity index (χ1) is 7.20. The van der Waals surface area contributed by atoms with Gasteiger partial charge in [0.2, 0.25) is 0 Å². The summed E-state index contributed by atoms with van der Waals surface area (Å²) in [6.07, 6.45) is 2.16. The first kappa shape index (κ1) is 10.8. The maximum atomic E-state index is 9.89. The second kappa shape index (κ2) is 4.42. The van der Waals surface area contributed by atoms with E-state index in [2.05, 4.69) is 5.32 Å². The molecule has 1 saturated heterocycles. The summed E-state index contributed by atoms with van der Waals surface area (Å²) in [7, 11) is 0. The van der Waals surface area contributed by atoms with Crippen molar-refractivity contribution in [1.29, 1.82) is 0 Å². The monoisotopic (exact) mass is 225 g/mol. The Morgan fingerprint density at radius 3 is 2.67 bits per heavy atom. The normalized spacial score (nSPS) is 18.0. The third-order valence-corrected chi connectivity index (χ3v) is 3.58. The third kappa shape index (κ3) is 2.11. The fourth-order valence-corrected chi connectivity index (χ4v) is 2.48. The first-order valence-corrected chi connectivity index (χ1v) is 5.76. The van der Waals surface area contributed by atoms with E-state index < -0.39 is 0 Å². The fraction of sp³-hybridized carbons (Fsp3) is 0.500. The molecule has 82 valence electrons. The second-order valence-electron chi connectivity index (χ2n) is 4.13. The van der Waals surface area contributed by atoms with Gasteiger partial charge in [-0.1, -0.05) is 11.6 Å². The van der Waals surface area contributed by atoms with Crippen LogP contribution in [0.15, 0.2) is 12.1 Å². The highest BCUT2D eigenvalue weighted by atomic mass is 35.5. The molecule has 1 aliphatic rings. The Hall–Kier alpha value is -0.730. The number of nitrogens with one attached hydrogen (secondary N) is 1. The molecule has 2 rings (SSSR count). The molecule has 0 atom stereocenters. The number of hydrogen-bond acceptors (Lipinski definition) is 2. The molecule has 0 amide bonds. The lowest BCUT2D eigenvalue weighted by Gasteiger charge is -2.25. The van der Waals surface area contributed by atoms with E-state index >= 15 is 0 Å². The number of phenols is 1. The number of halogens is 1. The van der Waals surface area contributed by atoms with Crippen molar-refractivity contribution in [3.05, 3.63) is 28.3 Å². The summed E-state index contributed by atoms with van der Waals surface area (Å²) in [5.74, 6) is 0.841. The highest BCUT2D eigenvalue weighted by Crippen LogP contribution is 2.37. The summed E-state index contributed by atoms with van der Waals surface area (Å²) in [5, 5.41) is 14.0. The van der Waals surface area contributed by atoms with Crippen molar-refractivity contribution in [2.75, 3.05) is 13.1 Å². The zero-order chi connectivity index (χ0) is 10.8. The molecule has 0 spiro atoms. The van der Waals surface area contributed by atoms with Crippen LogP contribution in [-0.4, -0.2) is 18.2 Å². The molecule has 0 aliphatic carbocycles. The molecule has 1 aromatic rings. The molecule has 1 aromatic carbocycles. The molecule has 0 bridgehead atoms. The predicted molar refractivity (Wildman–Crippen MR) is 62.7 cm³/mol. The van der Waals surface area contributed by atoms with E-state index in [-0.39, 0.29) is 0 Å². The Labute approximate surface area is 95.3 Å². The van der Waals surface area contributed by atoms with Gasteiger partial charge in [-0.15, -0.1) is 0 Å². The molecule has 1 heterocycles. The van der Waals surface area contributed by atoms with Crippen LogP contribution < -0.4 is 5.32 Å². The van der Waals surface area contributed by atoms with E-state index in [0.29, 0.717) is 11.7 Å². The maximum absolute atomic E-state index is 9.89. The van der Waals surface area contributed by atoms with Crippen molar-refractivity contribution in [3.8, 4) is 5.75 Å². The second-order valence-corrected chi connectivity index (χ2v) is 4.54. The smallest absolute Gasteiger partial charge is 0.119 e. The van der Waals surface area contributed by atoms with Crippen molar-refractivity contribution >= 4 is 11.6 Å². The van der Waals surface area contributed by atoms with Crippen LogP contribution in [0.3, 0.4) is 0 Å². The van der Waals surface area contributed by atoms with Gasteiger partial charge in [0.05, 0.1) is 0 Å². The van der Waals surface area contributed by atoms with Gasteiger partial charge in [0.15, 0.2) is 0 Å². The van der Waals surface area contributed by atoms with E-state index in [1.54, 1.807) is 12.1 Å². The van der Waals surface area contributed by atoms with Gasteiger partial charge in [0.25, 0.3) is 0 Å².